The van der Waals surface area contributed by atoms with Crippen molar-refractivity contribution in [2.45, 2.75) is 19.4 Å². The zero-order valence-electron chi connectivity index (χ0n) is 10.3. The summed E-state index contributed by atoms with van der Waals surface area (Å²) in [6.45, 7) is 3.45. The van der Waals surface area contributed by atoms with E-state index in [2.05, 4.69) is 21.2 Å². The van der Waals surface area contributed by atoms with Gasteiger partial charge in [-0.05, 0) is 31.5 Å². The van der Waals surface area contributed by atoms with Gasteiger partial charge >= 0.3 is 0 Å². The lowest BCUT2D eigenvalue weighted by atomic mass is 10.0. The zero-order valence-corrected chi connectivity index (χ0v) is 11.9. The maximum Gasteiger partial charge on any atom is 0.253 e. The van der Waals surface area contributed by atoms with Crippen molar-refractivity contribution in [2.24, 2.45) is 5.92 Å². The standard InChI is InChI=1S/C13H17BrN2O2/c1-8-9(4-5-18-8)7-16-13(17)11-6-10(14)2-3-12(11)15/h2-3,6,8-9H,4-5,7,15H2,1H3,(H,16,17). The van der Waals surface area contributed by atoms with Gasteiger partial charge in [0.15, 0.2) is 0 Å². The number of nitrogens with one attached hydrogen (secondary N) is 1. The fraction of sp³-hybridized carbons (Fsp3) is 0.462. The van der Waals surface area contributed by atoms with Crippen molar-refractivity contribution in [1.29, 1.82) is 0 Å². The highest BCUT2D eigenvalue weighted by molar-refractivity contribution is 9.10. The summed E-state index contributed by atoms with van der Waals surface area (Å²) in [5.41, 5.74) is 6.80. The molecule has 0 saturated carbocycles. The smallest absolute Gasteiger partial charge is 0.253 e. The van der Waals surface area contributed by atoms with Crippen molar-refractivity contribution in [2.75, 3.05) is 18.9 Å². The van der Waals surface area contributed by atoms with Crippen LogP contribution >= 0.6 is 15.9 Å². The van der Waals surface area contributed by atoms with Crippen LogP contribution in [0.1, 0.15) is 23.7 Å². The second-order valence-electron chi connectivity index (χ2n) is 4.57. The van der Waals surface area contributed by atoms with Gasteiger partial charge < -0.3 is 15.8 Å². The molecule has 1 aliphatic heterocycles. The van der Waals surface area contributed by atoms with E-state index in [1.165, 1.54) is 0 Å². The van der Waals surface area contributed by atoms with E-state index in [4.69, 9.17) is 10.5 Å². The number of ether oxygens (including phenoxy) is 1. The molecule has 18 heavy (non-hydrogen) atoms. The van der Waals surface area contributed by atoms with Crippen LogP contribution in [-0.2, 0) is 4.74 Å². The van der Waals surface area contributed by atoms with E-state index < -0.39 is 0 Å². The molecule has 1 fully saturated rings. The SMILES string of the molecule is CC1OCCC1CNC(=O)c1cc(Br)ccc1N. The molecule has 1 amide bonds. The van der Waals surface area contributed by atoms with E-state index in [0.717, 1.165) is 17.5 Å². The van der Waals surface area contributed by atoms with Gasteiger partial charge in [0.1, 0.15) is 0 Å². The molecule has 1 aliphatic rings. The molecule has 1 aromatic carbocycles. The number of nitrogen functional groups attached to an aromatic ring is 1. The van der Waals surface area contributed by atoms with Crippen LogP contribution in [0.5, 0.6) is 0 Å². The van der Waals surface area contributed by atoms with Crippen LogP contribution in [0, 0.1) is 5.92 Å². The molecule has 1 aromatic rings. The van der Waals surface area contributed by atoms with Gasteiger partial charge in [0, 0.05) is 29.2 Å². The zero-order chi connectivity index (χ0) is 13.1. The van der Waals surface area contributed by atoms with E-state index in [1.54, 1.807) is 12.1 Å². The maximum atomic E-state index is 12.0. The monoisotopic (exact) mass is 312 g/mol. The minimum atomic E-state index is -0.132. The third-order valence-electron chi connectivity index (χ3n) is 3.32. The van der Waals surface area contributed by atoms with E-state index >= 15 is 0 Å². The van der Waals surface area contributed by atoms with Crippen LogP contribution in [0.2, 0.25) is 0 Å². The summed E-state index contributed by atoms with van der Waals surface area (Å²) in [6.07, 6.45) is 1.21. The molecule has 0 aliphatic carbocycles. The van der Waals surface area contributed by atoms with E-state index in [0.29, 0.717) is 23.7 Å². The Balaban J connectivity index is 1.97. The number of hydrogen-bond donors (Lipinski definition) is 2. The number of anilines is 1. The van der Waals surface area contributed by atoms with Crippen molar-refractivity contribution < 1.29 is 9.53 Å². The largest absolute Gasteiger partial charge is 0.398 e. The molecular formula is C13H17BrN2O2. The van der Waals surface area contributed by atoms with Crippen molar-refractivity contribution in [1.82, 2.24) is 5.32 Å². The van der Waals surface area contributed by atoms with E-state index in [-0.39, 0.29) is 12.0 Å². The van der Waals surface area contributed by atoms with Gasteiger partial charge in [0.05, 0.1) is 11.7 Å². The normalized spacial score (nSPS) is 23.0. The third kappa shape index (κ3) is 3.03. The summed E-state index contributed by atoms with van der Waals surface area (Å²) < 4.78 is 6.31. The van der Waals surface area contributed by atoms with Crippen molar-refractivity contribution >= 4 is 27.5 Å². The number of hydrogen-bond acceptors (Lipinski definition) is 3. The van der Waals surface area contributed by atoms with Gasteiger partial charge in [-0.25, -0.2) is 0 Å². The van der Waals surface area contributed by atoms with Crippen molar-refractivity contribution in [3.63, 3.8) is 0 Å². The molecule has 4 nitrogen and oxygen atoms in total. The molecule has 3 N–H and O–H groups in total. The van der Waals surface area contributed by atoms with Crippen LogP contribution in [-0.4, -0.2) is 25.2 Å². The topological polar surface area (TPSA) is 64.3 Å². The molecule has 98 valence electrons. The summed E-state index contributed by atoms with van der Waals surface area (Å²) in [7, 11) is 0. The highest BCUT2D eigenvalue weighted by Gasteiger charge is 2.24. The summed E-state index contributed by atoms with van der Waals surface area (Å²) in [4.78, 5) is 12.0. The summed E-state index contributed by atoms with van der Waals surface area (Å²) in [5.74, 6) is 0.259. The van der Waals surface area contributed by atoms with Gasteiger partial charge in [0.25, 0.3) is 5.91 Å². The molecular weight excluding hydrogens is 296 g/mol. The van der Waals surface area contributed by atoms with Crippen molar-refractivity contribution in [3.05, 3.63) is 28.2 Å². The second-order valence-corrected chi connectivity index (χ2v) is 5.48. The lowest BCUT2D eigenvalue weighted by molar-refractivity contribution is 0.0908. The first-order valence-electron chi connectivity index (χ1n) is 6.02. The quantitative estimate of drug-likeness (QED) is 0.841. The number of rotatable bonds is 3. The Morgan fingerprint density at radius 2 is 2.39 bits per heavy atom. The summed E-state index contributed by atoms with van der Waals surface area (Å²) >= 11 is 3.34. The van der Waals surface area contributed by atoms with Gasteiger partial charge in [-0.2, -0.15) is 0 Å². The lowest BCUT2D eigenvalue weighted by Crippen LogP contribution is -2.32. The average Bonchev–Trinajstić information content (AvgIpc) is 2.75. The average molecular weight is 313 g/mol. The van der Waals surface area contributed by atoms with Crippen molar-refractivity contribution in [3.8, 4) is 0 Å². The number of halogens is 1. The number of carbonyl (C=O) groups is 1. The Hall–Kier alpha value is -1.07. The first-order valence-corrected chi connectivity index (χ1v) is 6.82. The molecule has 0 spiro atoms. The molecule has 1 saturated heterocycles. The van der Waals surface area contributed by atoms with Crippen LogP contribution < -0.4 is 11.1 Å². The number of benzene rings is 1. The fourth-order valence-corrected chi connectivity index (χ4v) is 2.45. The Morgan fingerprint density at radius 1 is 1.61 bits per heavy atom. The molecule has 0 radical (unpaired) electrons. The predicted octanol–water partition coefficient (Wildman–Crippen LogP) is 2.19. The Bertz CT molecular complexity index is 451. The molecule has 5 heteroatoms. The molecule has 1 heterocycles. The number of nitrogens with two attached hydrogens (primary N) is 1. The lowest BCUT2D eigenvalue weighted by Gasteiger charge is -2.15. The molecule has 2 rings (SSSR count). The van der Waals surface area contributed by atoms with E-state index in [9.17, 15) is 4.79 Å². The third-order valence-corrected chi connectivity index (χ3v) is 3.81. The Kier molecular flexibility index (Phi) is 4.24. The predicted molar refractivity (Wildman–Crippen MR) is 74.4 cm³/mol. The molecule has 0 bridgehead atoms. The molecule has 2 atom stereocenters. The minimum absolute atomic E-state index is 0.132. The maximum absolute atomic E-state index is 12.0. The van der Waals surface area contributed by atoms with Gasteiger partial charge in [-0.3, -0.25) is 4.79 Å². The molecule has 2 unspecified atom stereocenters. The van der Waals surface area contributed by atoms with Crippen LogP contribution in [0.3, 0.4) is 0 Å². The van der Waals surface area contributed by atoms with Gasteiger partial charge in [0.2, 0.25) is 0 Å². The summed E-state index contributed by atoms with van der Waals surface area (Å²) in [6, 6.07) is 5.28. The number of amides is 1. The van der Waals surface area contributed by atoms with Crippen LogP contribution in [0.15, 0.2) is 22.7 Å². The van der Waals surface area contributed by atoms with Gasteiger partial charge in [-0.1, -0.05) is 15.9 Å². The highest BCUT2D eigenvalue weighted by atomic mass is 79.9. The number of carbonyl (C=O) groups excluding carboxylic acids is 1. The Morgan fingerprint density at radius 3 is 3.06 bits per heavy atom. The Labute approximate surface area is 115 Å². The van der Waals surface area contributed by atoms with Crippen LogP contribution in [0.4, 0.5) is 5.69 Å². The van der Waals surface area contributed by atoms with Crippen LogP contribution in [0.25, 0.3) is 0 Å². The second kappa shape index (κ2) is 5.71. The fourth-order valence-electron chi connectivity index (χ4n) is 2.09. The summed E-state index contributed by atoms with van der Waals surface area (Å²) in [5, 5.41) is 2.92. The minimum Gasteiger partial charge on any atom is -0.398 e. The first kappa shape index (κ1) is 13.4. The van der Waals surface area contributed by atoms with E-state index in [1.807, 2.05) is 13.0 Å². The first-order chi connectivity index (χ1) is 8.58. The highest BCUT2D eigenvalue weighted by Crippen LogP contribution is 2.21. The van der Waals surface area contributed by atoms with Gasteiger partial charge in [-0.15, -0.1) is 0 Å². The molecule has 0 aromatic heterocycles.